The Bertz CT molecular complexity index is 1280. The molecule has 0 bridgehead atoms. The van der Waals surface area contributed by atoms with Crippen LogP contribution in [-0.4, -0.2) is 25.6 Å². The number of hydrogen-bond donors (Lipinski definition) is 1. The lowest BCUT2D eigenvalue weighted by Crippen LogP contribution is -2.17. The first-order valence-corrected chi connectivity index (χ1v) is 10.8. The predicted molar refractivity (Wildman–Crippen MR) is 114 cm³/mol. The van der Waals surface area contributed by atoms with Crippen LogP contribution < -0.4 is 5.32 Å². The number of nitrogens with zero attached hydrogens (tertiary/aromatic N) is 4. The minimum Gasteiger partial charge on any atom is -0.335 e. The van der Waals surface area contributed by atoms with Crippen molar-refractivity contribution in [2.24, 2.45) is 0 Å². The number of pyridine rings is 1. The molecule has 0 unspecified atom stereocenters. The molecule has 4 aromatic rings. The van der Waals surface area contributed by atoms with E-state index in [2.05, 4.69) is 31.9 Å². The van der Waals surface area contributed by atoms with Crippen LogP contribution in [0.1, 0.15) is 72.6 Å². The van der Waals surface area contributed by atoms with Crippen LogP contribution >= 0.6 is 0 Å². The van der Waals surface area contributed by atoms with Gasteiger partial charge in [0.15, 0.2) is 0 Å². The normalized spacial score (nSPS) is 16.4. The van der Waals surface area contributed by atoms with Crippen molar-refractivity contribution in [2.75, 3.05) is 5.32 Å². The van der Waals surface area contributed by atoms with Gasteiger partial charge in [-0.3, -0.25) is 10.1 Å². The molecular formula is C23H23N5O2. The van der Waals surface area contributed by atoms with Crippen molar-refractivity contribution in [1.82, 2.24) is 19.7 Å². The molecule has 2 aliphatic rings. The average Bonchev–Trinajstić information content (AvgIpc) is 3.69. The zero-order valence-corrected chi connectivity index (χ0v) is 16.9. The highest BCUT2D eigenvalue weighted by Gasteiger charge is 2.34. The summed E-state index contributed by atoms with van der Waals surface area (Å²) in [6.07, 6.45) is 5.33. The van der Waals surface area contributed by atoms with E-state index < -0.39 is 0 Å². The molecule has 0 radical (unpaired) electrons. The van der Waals surface area contributed by atoms with Crippen LogP contribution in [0.25, 0.3) is 22.1 Å². The van der Waals surface area contributed by atoms with Crippen LogP contribution in [0.2, 0.25) is 0 Å². The van der Waals surface area contributed by atoms with Crippen LogP contribution in [0, 0.1) is 0 Å². The Kier molecular flexibility index (Phi) is 3.91. The summed E-state index contributed by atoms with van der Waals surface area (Å²) in [5.74, 6) is 1.18. The summed E-state index contributed by atoms with van der Waals surface area (Å²) in [6, 6.07) is 9.90. The molecule has 3 aromatic heterocycles. The quantitative estimate of drug-likeness (QED) is 0.492. The lowest BCUT2D eigenvalue weighted by Gasteiger charge is -2.10. The van der Waals surface area contributed by atoms with E-state index in [-0.39, 0.29) is 5.91 Å². The first-order valence-electron chi connectivity index (χ1n) is 10.8. The summed E-state index contributed by atoms with van der Waals surface area (Å²) in [7, 11) is 0. The van der Waals surface area contributed by atoms with Gasteiger partial charge in [0.1, 0.15) is 0 Å². The Morgan fingerprint density at radius 1 is 1.17 bits per heavy atom. The SMILES string of the molecule is CCCn1c(NC(=O)c2cc(C3CC3)nc3onc(C4CC4)c23)nc2ccccc21. The standard InChI is InChI=1S/C23H23N5O2/c1-2-11-28-18-6-4-3-5-16(18)25-23(28)26-21(29)15-12-17(13-7-8-13)24-22-19(15)20(27-30-22)14-9-10-14/h3-6,12-14H,2,7-11H2,1H3,(H,25,26,29). The Hall–Kier alpha value is -3.22. The highest BCUT2D eigenvalue weighted by Crippen LogP contribution is 2.45. The van der Waals surface area contributed by atoms with Gasteiger partial charge in [0.25, 0.3) is 11.6 Å². The van der Waals surface area contributed by atoms with Gasteiger partial charge < -0.3 is 9.09 Å². The van der Waals surface area contributed by atoms with Crippen LogP contribution in [0.3, 0.4) is 0 Å². The molecule has 2 saturated carbocycles. The summed E-state index contributed by atoms with van der Waals surface area (Å²) < 4.78 is 7.63. The van der Waals surface area contributed by atoms with Crippen molar-refractivity contribution in [3.05, 3.63) is 47.3 Å². The highest BCUT2D eigenvalue weighted by molar-refractivity contribution is 6.12. The monoisotopic (exact) mass is 401 g/mol. The van der Waals surface area contributed by atoms with E-state index in [9.17, 15) is 4.79 Å². The van der Waals surface area contributed by atoms with Crippen molar-refractivity contribution >= 4 is 34.0 Å². The predicted octanol–water partition coefficient (Wildman–Crippen LogP) is 4.99. The number of nitrogens with one attached hydrogen (secondary N) is 1. The third-order valence-corrected chi connectivity index (χ3v) is 6.02. The number of aryl methyl sites for hydroxylation is 1. The lowest BCUT2D eigenvalue weighted by atomic mass is 10.1. The number of anilines is 1. The van der Waals surface area contributed by atoms with E-state index in [0.717, 1.165) is 66.5 Å². The van der Waals surface area contributed by atoms with Gasteiger partial charge in [0.05, 0.1) is 27.7 Å². The van der Waals surface area contributed by atoms with Crippen molar-refractivity contribution in [2.45, 2.75) is 57.4 Å². The zero-order chi connectivity index (χ0) is 20.2. The number of imidazole rings is 1. The molecule has 7 heteroatoms. The van der Waals surface area contributed by atoms with E-state index in [1.807, 2.05) is 30.3 Å². The number of aromatic nitrogens is 4. The smallest absolute Gasteiger partial charge is 0.259 e. The molecular weight excluding hydrogens is 378 g/mol. The van der Waals surface area contributed by atoms with Crippen LogP contribution in [0.15, 0.2) is 34.9 Å². The van der Waals surface area contributed by atoms with Gasteiger partial charge in [0, 0.05) is 24.1 Å². The molecule has 30 heavy (non-hydrogen) atoms. The van der Waals surface area contributed by atoms with E-state index in [1.54, 1.807) is 0 Å². The molecule has 1 N–H and O–H groups in total. The molecule has 2 fully saturated rings. The lowest BCUT2D eigenvalue weighted by molar-refractivity contribution is 0.102. The van der Waals surface area contributed by atoms with E-state index in [4.69, 9.17) is 4.52 Å². The van der Waals surface area contributed by atoms with Gasteiger partial charge in [0.2, 0.25) is 5.95 Å². The molecule has 0 atom stereocenters. The largest absolute Gasteiger partial charge is 0.335 e. The Morgan fingerprint density at radius 3 is 2.73 bits per heavy atom. The number of fused-ring (bicyclic) bond motifs is 2. The first-order chi connectivity index (χ1) is 14.7. The molecule has 1 amide bonds. The molecule has 7 nitrogen and oxygen atoms in total. The molecule has 0 saturated heterocycles. The Balaban J connectivity index is 1.45. The fourth-order valence-corrected chi connectivity index (χ4v) is 4.18. The molecule has 3 heterocycles. The number of para-hydroxylation sites is 2. The number of hydrogen-bond acceptors (Lipinski definition) is 5. The maximum atomic E-state index is 13.5. The van der Waals surface area contributed by atoms with Crippen molar-refractivity contribution < 1.29 is 9.32 Å². The molecule has 0 spiro atoms. The van der Waals surface area contributed by atoms with Gasteiger partial charge in [-0.05, 0) is 50.3 Å². The molecule has 152 valence electrons. The Labute approximate surface area is 173 Å². The number of benzene rings is 1. The maximum Gasteiger partial charge on any atom is 0.259 e. The van der Waals surface area contributed by atoms with Gasteiger partial charge in [-0.1, -0.05) is 24.2 Å². The first kappa shape index (κ1) is 17.6. The summed E-state index contributed by atoms with van der Waals surface area (Å²) in [6.45, 7) is 2.91. The van der Waals surface area contributed by atoms with Gasteiger partial charge >= 0.3 is 0 Å². The van der Waals surface area contributed by atoms with Crippen LogP contribution in [-0.2, 0) is 6.54 Å². The van der Waals surface area contributed by atoms with Gasteiger partial charge in [-0.25, -0.2) is 9.97 Å². The fourth-order valence-electron chi connectivity index (χ4n) is 4.18. The molecule has 0 aliphatic heterocycles. The van der Waals surface area contributed by atoms with Crippen molar-refractivity contribution in [3.63, 3.8) is 0 Å². The second kappa shape index (κ2) is 6.65. The second-order valence-electron chi connectivity index (χ2n) is 8.42. The third-order valence-electron chi connectivity index (χ3n) is 6.02. The molecule has 1 aromatic carbocycles. The van der Waals surface area contributed by atoms with Gasteiger partial charge in [-0.15, -0.1) is 0 Å². The van der Waals surface area contributed by atoms with E-state index in [1.165, 1.54) is 0 Å². The fraction of sp³-hybridized carbons (Fsp3) is 0.391. The van der Waals surface area contributed by atoms with Crippen LogP contribution in [0.5, 0.6) is 0 Å². The van der Waals surface area contributed by atoms with E-state index >= 15 is 0 Å². The number of rotatable bonds is 6. The maximum absolute atomic E-state index is 13.5. The number of amides is 1. The second-order valence-corrected chi connectivity index (χ2v) is 8.42. The summed E-state index contributed by atoms with van der Waals surface area (Å²) in [5.41, 5.74) is 4.77. The molecule has 2 aliphatic carbocycles. The number of carbonyl (C=O) groups is 1. The van der Waals surface area contributed by atoms with Crippen molar-refractivity contribution in [1.29, 1.82) is 0 Å². The summed E-state index contributed by atoms with van der Waals surface area (Å²) in [5, 5.41) is 8.11. The highest BCUT2D eigenvalue weighted by atomic mass is 16.5. The van der Waals surface area contributed by atoms with Crippen molar-refractivity contribution in [3.8, 4) is 0 Å². The minimum atomic E-state index is -0.179. The van der Waals surface area contributed by atoms with E-state index in [0.29, 0.717) is 29.1 Å². The molecule has 6 rings (SSSR count). The summed E-state index contributed by atoms with van der Waals surface area (Å²) >= 11 is 0. The Morgan fingerprint density at radius 2 is 1.97 bits per heavy atom. The minimum absolute atomic E-state index is 0.179. The summed E-state index contributed by atoms with van der Waals surface area (Å²) in [4.78, 5) is 22.8. The average molecular weight is 401 g/mol. The zero-order valence-electron chi connectivity index (χ0n) is 16.9. The van der Waals surface area contributed by atoms with Crippen LogP contribution in [0.4, 0.5) is 5.95 Å². The topological polar surface area (TPSA) is 85.8 Å². The number of carbonyl (C=O) groups excluding carboxylic acids is 1. The third kappa shape index (κ3) is 2.88. The van der Waals surface area contributed by atoms with Gasteiger partial charge in [-0.2, -0.15) is 0 Å².